The van der Waals surface area contributed by atoms with Crippen LogP contribution in [-0.2, 0) is 15.1 Å². The van der Waals surface area contributed by atoms with Crippen LogP contribution in [0, 0.1) is 11.7 Å². The minimum atomic E-state index is -4.96. The van der Waals surface area contributed by atoms with Gasteiger partial charge in [-0.2, -0.15) is 13.2 Å². The van der Waals surface area contributed by atoms with Gasteiger partial charge in [0.25, 0.3) is 12.3 Å². The van der Waals surface area contributed by atoms with Crippen LogP contribution in [0.15, 0.2) is 35.6 Å². The van der Waals surface area contributed by atoms with E-state index in [2.05, 4.69) is 20.3 Å². The molecule has 2 amide bonds. The summed E-state index contributed by atoms with van der Waals surface area (Å²) in [5, 5.41) is 2.33. The Morgan fingerprint density at radius 3 is 2.60 bits per heavy atom. The Bertz CT molecular complexity index is 1200. The summed E-state index contributed by atoms with van der Waals surface area (Å²) in [4.78, 5) is 37.0. The second-order valence-electron chi connectivity index (χ2n) is 7.82. The maximum Gasteiger partial charge on any atom is 0.415 e. The number of guanidine groups is 1. The number of carbonyl (C=O) groups excluding carboxylic acids is 2. The lowest BCUT2D eigenvalue weighted by molar-refractivity contribution is -0.218. The number of aliphatic imine (C=N–C) groups is 1. The summed E-state index contributed by atoms with van der Waals surface area (Å²) >= 11 is 0. The highest BCUT2D eigenvalue weighted by molar-refractivity contribution is 6.03. The highest BCUT2D eigenvalue weighted by atomic mass is 19.4. The number of halogens is 6. The zero-order chi connectivity index (χ0) is 25.7. The first-order valence-corrected chi connectivity index (χ1v) is 9.88. The van der Waals surface area contributed by atoms with E-state index in [0.717, 1.165) is 36.3 Å². The second kappa shape index (κ2) is 8.48. The van der Waals surface area contributed by atoms with Crippen LogP contribution < -0.4 is 11.1 Å². The fraction of sp³-hybridized carbons (Fsp3) is 0.350. The molecule has 3 N–H and O–H groups in total. The monoisotopic (exact) mass is 502 g/mol. The van der Waals surface area contributed by atoms with E-state index in [9.17, 15) is 35.9 Å². The third-order valence-corrected chi connectivity index (χ3v) is 5.70. The van der Waals surface area contributed by atoms with Gasteiger partial charge >= 0.3 is 6.18 Å². The van der Waals surface area contributed by atoms with Gasteiger partial charge in [-0.15, -0.1) is 0 Å². The van der Waals surface area contributed by atoms with Gasteiger partial charge in [-0.3, -0.25) is 19.5 Å². The van der Waals surface area contributed by atoms with Crippen molar-refractivity contribution < 1.29 is 40.7 Å². The molecule has 186 valence electrons. The lowest BCUT2D eigenvalue weighted by atomic mass is 9.76. The summed E-state index contributed by atoms with van der Waals surface area (Å²) in [6.45, 7) is -0.809. The number of carbonyl (C=O) groups is 2. The number of benzene rings is 1. The molecule has 0 unspecified atom stereocenters. The zero-order valence-corrected chi connectivity index (χ0v) is 17.7. The van der Waals surface area contributed by atoms with Crippen LogP contribution in [0.25, 0.3) is 0 Å². The number of hydrogen-bond acceptors (Lipinski definition) is 7. The molecular weight excluding hydrogens is 486 g/mol. The van der Waals surface area contributed by atoms with Crippen LogP contribution in [0.4, 0.5) is 32.0 Å². The molecule has 15 heteroatoms. The summed E-state index contributed by atoms with van der Waals surface area (Å²) in [5.41, 5.74) is 2.01. The molecule has 0 bridgehead atoms. The standard InChI is InChI=1S/C20H16F6N6O3/c1-32-17(34)13-14(20(24,25)26)35-7-19(13,31-18(32)27)9-4-8(2-3-10(9)21)30-16(33)12-6-28-11(5-29-12)15(22)23/h2-6,13-15H,7H2,1H3,(H2,27,31)(H,30,33)/t13-,14-,19+/m0/s1. The van der Waals surface area contributed by atoms with Gasteiger partial charge in [0, 0.05) is 18.3 Å². The van der Waals surface area contributed by atoms with Crippen molar-refractivity contribution in [1.82, 2.24) is 14.9 Å². The van der Waals surface area contributed by atoms with Gasteiger partial charge in [0.15, 0.2) is 12.1 Å². The van der Waals surface area contributed by atoms with Crippen molar-refractivity contribution in [2.24, 2.45) is 16.6 Å². The lowest BCUT2D eigenvalue weighted by Gasteiger charge is -2.39. The summed E-state index contributed by atoms with van der Waals surface area (Å²) < 4.78 is 86.1. The van der Waals surface area contributed by atoms with Crippen molar-refractivity contribution in [3.63, 3.8) is 0 Å². The highest BCUT2D eigenvalue weighted by Crippen LogP contribution is 2.51. The molecule has 9 nitrogen and oxygen atoms in total. The van der Waals surface area contributed by atoms with Crippen LogP contribution in [-0.4, -0.2) is 58.6 Å². The molecule has 4 rings (SSSR count). The highest BCUT2D eigenvalue weighted by Gasteiger charge is 2.66. The van der Waals surface area contributed by atoms with Gasteiger partial charge in [-0.25, -0.2) is 23.1 Å². The molecule has 0 saturated carbocycles. The molecule has 2 aromatic rings. The van der Waals surface area contributed by atoms with Crippen molar-refractivity contribution in [3.05, 3.63) is 53.4 Å². The molecule has 2 aliphatic heterocycles. The van der Waals surface area contributed by atoms with Crippen molar-refractivity contribution in [3.8, 4) is 0 Å². The normalized spacial score (nSPS) is 24.4. The van der Waals surface area contributed by atoms with E-state index < -0.39 is 71.6 Å². The van der Waals surface area contributed by atoms with Crippen LogP contribution >= 0.6 is 0 Å². The van der Waals surface area contributed by atoms with Gasteiger partial charge < -0.3 is 15.8 Å². The molecule has 0 aliphatic carbocycles. The predicted octanol–water partition coefficient (Wildman–Crippen LogP) is 2.36. The minimum absolute atomic E-state index is 0.102. The third-order valence-electron chi connectivity index (χ3n) is 5.70. The Kier molecular flexibility index (Phi) is 5.91. The molecule has 1 saturated heterocycles. The fourth-order valence-corrected chi connectivity index (χ4v) is 3.98. The minimum Gasteiger partial charge on any atom is -0.369 e. The van der Waals surface area contributed by atoms with E-state index in [0.29, 0.717) is 6.20 Å². The van der Waals surface area contributed by atoms with E-state index in [1.54, 1.807) is 0 Å². The Labute approximate surface area is 193 Å². The van der Waals surface area contributed by atoms with Gasteiger partial charge in [0.2, 0.25) is 5.91 Å². The Morgan fingerprint density at radius 2 is 2.00 bits per heavy atom. The number of hydrogen-bond donors (Lipinski definition) is 2. The van der Waals surface area contributed by atoms with Gasteiger partial charge in [-0.05, 0) is 18.2 Å². The average molecular weight is 502 g/mol. The first kappa shape index (κ1) is 24.4. The smallest absolute Gasteiger partial charge is 0.369 e. The predicted molar refractivity (Wildman–Crippen MR) is 107 cm³/mol. The largest absolute Gasteiger partial charge is 0.415 e. The fourth-order valence-electron chi connectivity index (χ4n) is 3.98. The number of fused-ring (bicyclic) bond motifs is 1. The van der Waals surface area contributed by atoms with E-state index in [1.807, 2.05) is 0 Å². The maximum absolute atomic E-state index is 15.0. The Balaban J connectivity index is 1.73. The van der Waals surface area contributed by atoms with Crippen molar-refractivity contribution in [1.29, 1.82) is 0 Å². The van der Waals surface area contributed by atoms with Crippen LogP contribution in [0.2, 0.25) is 0 Å². The molecule has 35 heavy (non-hydrogen) atoms. The summed E-state index contributed by atoms with van der Waals surface area (Å²) in [6.07, 6.45) is -8.93. The topological polar surface area (TPSA) is 123 Å². The first-order valence-electron chi connectivity index (χ1n) is 9.88. The first-order chi connectivity index (χ1) is 16.3. The van der Waals surface area contributed by atoms with Gasteiger partial charge in [0.05, 0.1) is 19.0 Å². The van der Waals surface area contributed by atoms with Crippen molar-refractivity contribution >= 4 is 23.5 Å². The summed E-state index contributed by atoms with van der Waals surface area (Å²) in [5.74, 6) is -5.42. The van der Waals surface area contributed by atoms with E-state index in [4.69, 9.17) is 10.5 Å². The molecule has 1 aromatic heterocycles. The van der Waals surface area contributed by atoms with Crippen molar-refractivity contribution in [2.45, 2.75) is 24.2 Å². The van der Waals surface area contributed by atoms with Gasteiger partial charge in [-0.1, -0.05) is 0 Å². The number of nitrogens with two attached hydrogens (primary N) is 1. The zero-order valence-electron chi connectivity index (χ0n) is 17.7. The number of amides is 2. The quantitative estimate of drug-likeness (QED) is 0.619. The lowest BCUT2D eigenvalue weighted by Crippen LogP contribution is -2.57. The maximum atomic E-state index is 15.0. The number of nitrogens with zero attached hydrogens (tertiary/aromatic N) is 4. The second-order valence-corrected chi connectivity index (χ2v) is 7.82. The number of alkyl halides is 5. The molecule has 2 aliphatic rings. The SMILES string of the molecule is CN1C(=O)[C@@H]2[C@@H](C(F)(F)F)OC[C@]2(c2cc(NC(=O)c3cnc(C(F)F)cn3)ccc2F)N=C1N. The molecule has 0 radical (unpaired) electrons. The molecule has 0 spiro atoms. The Hall–Kier alpha value is -3.75. The van der Waals surface area contributed by atoms with Crippen LogP contribution in [0.1, 0.15) is 28.2 Å². The van der Waals surface area contributed by atoms with Crippen LogP contribution in [0.3, 0.4) is 0 Å². The Morgan fingerprint density at radius 1 is 1.29 bits per heavy atom. The van der Waals surface area contributed by atoms with Gasteiger partial charge in [0.1, 0.15) is 28.7 Å². The number of nitrogens with one attached hydrogen (secondary N) is 1. The number of rotatable bonds is 4. The average Bonchev–Trinajstić information content (AvgIpc) is 3.19. The number of ether oxygens (including phenoxy) is 1. The molecule has 3 atom stereocenters. The van der Waals surface area contributed by atoms with E-state index in [-0.39, 0.29) is 11.4 Å². The summed E-state index contributed by atoms with van der Waals surface area (Å²) in [6, 6.07) is 2.96. The molecule has 1 fully saturated rings. The molecule has 3 heterocycles. The van der Waals surface area contributed by atoms with E-state index in [1.165, 1.54) is 0 Å². The summed E-state index contributed by atoms with van der Waals surface area (Å²) in [7, 11) is 1.13. The number of anilines is 1. The third kappa shape index (κ3) is 4.15. The number of aromatic nitrogens is 2. The molecule has 1 aromatic carbocycles. The van der Waals surface area contributed by atoms with Crippen molar-refractivity contribution in [2.75, 3.05) is 19.0 Å². The van der Waals surface area contributed by atoms with Crippen LogP contribution in [0.5, 0.6) is 0 Å². The molecular formula is C20H16F6N6O3. The van der Waals surface area contributed by atoms with E-state index >= 15 is 0 Å².